The fourth-order valence-electron chi connectivity index (χ4n) is 6.90. The number of amides is 1. The van der Waals surface area contributed by atoms with Crippen LogP contribution in [0.4, 0.5) is 13.2 Å². The third kappa shape index (κ3) is 3.67. The number of hydrogen-bond acceptors (Lipinski definition) is 2. The van der Waals surface area contributed by atoms with Crippen molar-refractivity contribution < 1.29 is 18.0 Å². The second-order valence-corrected chi connectivity index (χ2v) is 10.8. The lowest BCUT2D eigenvalue weighted by Gasteiger charge is -2.55. The molecule has 0 atom stereocenters. The summed E-state index contributed by atoms with van der Waals surface area (Å²) in [4.78, 5) is 21.5. The van der Waals surface area contributed by atoms with Gasteiger partial charge < -0.3 is 9.88 Å². The molecule has 1 spiro atoms. The van der Waals surface area contributed by atoms with Crippen LogP contribution in [-0.2, 0) is 17.5 Å². The normalized spacial score (nSPS) is 23.3. The standard InChI is InChI=1S/C31H30F3N3O/c1-36(2)30(20-6-5-7-21(32)18-20)13-15-31(16-14-30)28-24(23-8-3-4-9-27(23)35-28)12-17-37(31)29(38)25-11-10-22(33)19-26(25)34/h3-11,18-19,35H,12-17H2,1-2H3. The molecule has 0 unspecified atom stereocenters. The maximum atomic E-state index is 14.8. The van der Waals surface area contributed by atoms with Crippen molar-refractivity contribution in [1.29, 1.82) is 0 Å². The summed E-state index contributed by atoms with van der Waals surface area (Å²) in [7, 11) is 4.02. The van der Waals surface area contributed by atoms with Crippen LogP contribution in [0.15, 0.2) is 66.7 Å². The van der Waals surface area contributed by atoms with Crippen LogP contribution in [0.1, 0.15) is 52.9 Å². The number of nitrogens with zero attached hydrogens (tertiary/aromatic N) is 2. The largest absolute Gasteiger partial charge is 0.356 e. The third-order valence-electron chi connectivity index (χ3n) is 8.91. The van der Waals surface area contributed by atoms with Crippen LogP contribution in [0.5, 0.6) is 0 Å². The summed E-state index contributed by atoms with van der Waals surface area (Å²) in [6.07, 6.45) is 3.20. The van der Waals surface area contributed by atoms with Gasteiger partial charge in [0.05, 0.1) is 11.1 Å². The Morgan fingerprint density at radius 3 is 2.34 bits per heavy atom. The zero-order valence-electron chi connectivity index (χ0n) is 21.5. The van der Waals surface area contributed by atoms with Gasteiger partial charge in [-0.1, -0.05) is 30.3 Å². The minimum Gasteiger partial charge on any atom is -0.356 e. The zero-order chi connectivity index (χ0) is 26.7. The van der Waals surface area contributed by atoms with Crippen LogP contribution in [-0.4, -0.2) is 41.3 Å². The van der Waals surface area contributed by atoms with Crippen molar-refractivity contribution >= 4 is 16.8 Å². The topological polar surface area (TPSA) is 39.3 Å². The van der Waals surface area contributed by atoms with Gasteiger partial charge in [-0.3, -0.25) is 9.69 Å². The van der Waals surface area contributed by atoms with Crippen LogP contribution < -0.4 is 0 Å². The minimum absolute atomic E-state index is 0.125. The number of nitrogens with one attached hydrogen (secondary N) is 1. The van der Waals surface area contributed by atoms with Crippen LogP contribution in [0, 0.1) is 17.5 Å². The summed E-state index contributed by atoms with van der Waals surface area (Å²) >= 11 is 0. The molecule has 1 amide bonds. The molecular formula is C31H30F3N3O. The summed E-state index contributed by atoms with van der Waals surface area (Å²) in [5.74, 6) is -2.28. The van der Waals surface area contributed by atoms with Crippen LogP contribution >= 0.6 is 0 Å². The molecule has 0 radical (unpaired) electrons. The SMILES string of the molecule is CN(C)C1(c2cccc(F)c2)CCC2(CC1)c1[nH]c3ccccc3c1CCN2C(=O)c1ccc(F)cc1F. The molecule has 1 N–H and O–H groups in total. The Labute approximate surface area is 220 Å². The predicted octanol–water partition coefficient (Wildman–Crippen LogP) is 6.51. The van der Waals surface area contributed by atoms with Gasteiger partial charge in [-0.05, 0) is 87.7 Å². The van der Waals surface area contributed by atoms with Gasteiger partial charge in [0.15, 0.2) is 0 Å². The Balaban J connectivity index is 1.47. The highest BCUT2D eigenvalue weighted by atomic mass is 19.1. The molecular weight excluding hydrogens is 487 g/mol. The Bertz CT molecular complexity index is 1530. The average molecular weight is 518 g/mol. The molecule has 1 aliphatic carbocycles. The molecule has 38 heavy (non-hydrogen) atoms. The van der Waals surface area contributed by atoms with Crippen LogP contribution in [0.2, 0.25) is 0 Å². The van der Waals surface area contributed by atoms with E-state index < -0.39 is 28.6 Å². The monoisotopic (exact) mass is 517 g/mol. The summed E-state index contributed by atoms with van der Waals surface area (Å²) in [6.45, 7) is 0.430. The van der Waals surface area contributed by atoms with E-state index in [0.29, 0.717) is 38.6 Å². The third-order valence-corrected chi connectivity index (χ3v) is 8.91. The van der Waals surface area contributed by atoms with Crippen molar-refractivity contribution in [3.8, 4) is 0 Å². The van der Waals surface area contributed by atoms with Gasteiger partial charge in [0.1, 0.15) is 17.5 Å². The van der Waals surface area contributed by atoms with Gasteiger partial charge in [0.25, 0.3) is 5.91 Å². The fourth-order valence-corrected chi connectivity index (χ4v) is 6.90. The first-order valence-corrected chi connectivity index (χ1v) is 13.1. The molecule has 0 bridgehead atoms. The van der Waals surface area contributed by atoms with E-state index in [1.165, 1.54) is 17.7 Å². The maximum Gasteiger partial charge on any atom is 0.257 e. The van der Waals surface area contributed by atoms with Gasteiger partial charge in [0.2, 0.25) is 0 Å². The Morgan fingerprint density at radius 1 is 0.895 bits per heavy atom. The second kappa shape index (κ2) is 9.02. The summed E-state index contributed by atoms with van der Waals surface area (Å²) in [5, 5.41) is 1.14. The number of rotatable bonds is 3. The first-order chi connectivity index (χ1) is 18.2. The number of para-hydroxylation sites is 1. The lowest BCUT2D eigenvalue weighted by molar-refractivity contribution is -0.0144. The fraction of sp³-hybridized carbons (Fsp3) is 0.323. The molecule has 2 heterocycles. The summed E-state index contributed by atoms with van der Waals surface area (Å²) in [5.41, 5.74) is 2.87. The minimum atomic E-state index is -0.856. The van der Waals surface area contributed by atoms with E-state index in [4.69, 9.17) is 0 Å². The van der Waals surface area contributed by atoms with E-state index in [2.05, 4.69) is 16.0 Å². The highest BCUT2D eigenvalue weighted by molar-refractivity contribution is 5.96. The van der Waals surface area contributed by atoms with E-state index in [-0.39, 0.29) is 11.4 Å². The molecule has 196 valence electrons. The molecule has 4 aromatic rings. The molecule has 0 saturated heterocycles. The molecule has 1 aromatic heterocycles. The Morgan fingerprint density at radius 2 is 1.63 bits per heavy atom. The van der Waals surface area contributed by atoms with Gasteiger partial charge in [-0.15, -0.1) is 0 Å². The van der Waals surface area contributed by atoms with Crippen molar-refractivity contribution in [3.05, 3.63) is 107 Å². The van der Waals surface area contributed by atoms with Crippen LogP contribution in [0.3, 0.4) is 0 Å². The number of halogens is 3. The highest BCUT2D eigenvalue weighted by Gasteiger charge is 2.53. The Hall–Kier alpha value is -3.58. The lowest BCUT2D eigenvalue weighted by atomic mass is 9.65. The van der Waals surface area contributed by atoms with Gasteiger partial charge in [-0.25, -0.2) is 13.2 Å². The van der Waals surface area contributed by atoms with Crippen molar-refractivity contribution in [2.75, 3.05) is 20.6 Å². The Kier molecular flexibility index (Phi) is 5.87. The van der Waals surface area contributed by atoms with Crippen molar-refractivity contribution in [3.63, 3.8) is 0 Å². The first-order valence-electron chi connectivity index (χ1n) is 13.1. The lowest BCUT2D eigenvalue weighted by Crippen LogP contribution is -2.58. The smallest absolute Gasteiger partial charge is 0.257 e. The number of H-pyrrole nitrogens is 1. The first kappa shape index (κ1) is 24.7. The molecule has 1 fully saturated rings. The molecule has 2 aliphatic rings. The average Bonchev–Trinajstić information content (AvgIpc) is 3.29. The highest BCUT2D eigenvalue weighted by Crippen LogP contribution is 2.54. The molecule has 1 saturated carbocycles. The molecule has 6 rings (SSSR count). The maximum absolute atomic E-state index is 14.8. The molecule has 7 heteroatoms. The quantitative estimate of drug-likeness (QED) is 0.337. The predicted molar refractivity (Wildman–Crippen MR) is 141 cm³/mol. The number of fused-ring (bicyclic) bond motifs is 4. The number of aromatic amines is 1. The molecule has 3 aromatic carbocycles. The summed E-state index contributed by atoms with van der Waals surface area (Å²) in [6, 6.07) is 18.0. The number of benzene rings is 3. The number of carbonyl (C=O) groups excluding carboxylic acids is 1. The summed E-state index contributed by atoms with van der Waals surface area (Å²) < 4.78 is 42.8. The zero-order valence-corrected chi connectivity index (χ0v) is 21.5. The van der Waals surface area contributed by atoms with E-state index in [1.807, 2.05) is 38.4 Å². The number of carbonyl (C=O) groups is 1. The molecule has 1 aliphatic heterocycles. The van der Waals surface area contributed by atoms with Gasteiger partial charge in [-0.2, -0.15) is 0 Å². The van der Waals surface area contributed by atoms with Crippen molar-refractivity contribution in [2.24, 2.45) is 0 Å². The van der Waals surface area contributed by atoms with E-state index in [1.54, 1.807) is 17.0 Å². The second-order valence-electron chi connectivity index (χ2n) is 10.8. The van der Waals surface area contributed by atoms with E-state index in [9.17, 15) is 18.0 Å². The van der Waals surface area contributed by atoms with Crippen molar-refractivity contribution in [2.45, 2.75) is 43.2 Å². The van der Waals surface area contributed by atoms with Crippen molar-refractivity contribution in [1.82, 2.24) is 14.8 Å². The van der Waals surface area contributed by atoms with E-state index in [0.717, 1.165) is 34.3 Å². The van der Waals surface area contributed by atoms with Gasteiger partial charge >= 0.3 is 0 Å². The molecule has 4 nitrogen and oxygen atoms in total. The van der Waals surface area contributed by atoms with Gasteiger partial charge in [0, 0.05) is 34.7 Å². The van der Waals surface area contributed by atoms with Crippen LogP contribution in [0.25, 0.3) is 10.9 Å². The van der Waals surface area contributed by atoms with E-state index >= 15 is 0 Å². The number of aromatic nitrogens is 1. The number of hydrogen-bond donors (Lipinski definition) is 1.